The van der Waals surface area contributed by atoms with E-state index in [1.54, 1.807) is 6.07 Å². The van der Waals surface area contributed by atoms with Gasteiger partial charge < -0.3 is 10.4 Å². The molecular weight excluding hydrogens is 306 g/mol. The number of hydrogen-bond acceptors (Lipinski definition) is 2. The van der Waals surface area contributed by atoms with E-state index in [0.29, 0.717) is 11.3 Å². The third kappa shape index (κ3) is 4.23. The highest BCUT2D eigenvalue weighted by atomic mass is 79.9. The maximum Gasteiger partial charge on any atom is 0.337 e. The topological polar surface area (TPSA) is 49.3 Å². The summed E-state index contributed by atoms with van der Waals surface area (Å²) in [7, 11) is 0. The van der Waals surface area contributed by atoms with Crippen LogP contribution in [0.2, 0.25) is 0 Å². The molecule has 0 spiro atoms. The summed E-state index contributed by atoms with van der Waals surface area (Å²) in [5, 5.41) is 12.4. The van der Waals surface area contributed by atoms with E-state index in [1.807, 2.05) is 12.1 Å². The summed E-state index contributed by atoms with van der Waals surface area (Å²) in [6.45, 7) is 0.846. The standard InChI is InChI=1S/C15H20BrNO2/c16-12-7-8-14(13(10-12)15(18)19)17-9-3-6-11-4-1-2-5-11/h7-8,10-11,17H,1-6,9H2,(H,18,19). The summed E-state index contributed by atoms with van der Waals surface area (Å²) in [5.74, 6) is 0.00487. The highest BCUT2D eigenvalue weighted by Gasteiger charge is 2.14. The Hall–Kier alpha value is -1.03. The summed E-state index contributed by atoms with van der Waals surface area (Å²) in [4.78, 5) is 11.2. The number of carboxylic acids is 1. The van der Waals surface area contributed by atoms with Crippen molar-refractivity contribution < 1.29 is 9.90 Å². The molecule has 104 valence electrons. The minimum atomic E-state index is -0.889. The zero-order chi connectivity index (χ0) is 13.7. The third-order valence-electron chi connectivity index (χ3n) is 3.79. The summed E-state index contributed by atoms with van der Waals surface area (Å²) < 4.78 is 0.793. The van der Waals surface area contributed by atoms with Gasteiger partial charge in [0.05, 0.1) is 5.56 Å². The van der Waals surface area contributed by atoms with E-state index in [1.165, 1.54) is 32.1 Å². The molecule has 2 rings (SSSR count). The largest absolute Gasteiger partial charge is 0.478 e. The Morgan fingerprint density at radius 1 is 1.37 bits per heavy atom. The highest BCUT2D eigenvalue weighted by Crippen LogP contribution is 2.28. The number of hydrogen-bond donors (Lipinski definition) is 2. The Kier molecular flexibility index (Phi) is 5.25. The summed E-state index contributed by atoms with van der Waals surface area (Å²) in [6.07, 6.45) is 7.88. The van der Waals surface area contributed by atoms with Crippen molar-refractivity contribution in [1.29, 1.82) is 0 Å². The van der Waals surface area contributed by atoms with Gasteiger partial charge in [0.25, 0.3) is 0 Å². The molecule has 1 aromatic carbocycles. The molecule has 1 fully saturated rings. The molecule has 19 heavy (non-hydrogen) atoms. The Labute approximate surface area is 122 Å². The van der Waals surface area contributed by atoms with Crippen molar-refractivity contribution in [2.24, 2.45) is 5.92 Å². The highest BCUT2D eigenvalue weighted by molar-refractivity contribution is 9.10. The van der Waals surface area contributed by atoms with Gasteiger partial charge in [0.1, 0.15) is 0 Å². The predicted molar refractivity (Wildman–Crippen MR) is 80.8 cm³/mol. The SMILES string of the molecule is O=C(O)c1cc(Br)ccc1NCCCC1CCCC1. The quantitative estimate of drug-likeness (QED) is 0.755. The first kappa shape index (κ1) is 14.4. The van der Waals surface area contributed by atoms with Crippen LogP contribution in [0.1, 0.15) is 48.9 Å². The van der Waals surface area contributed by atoms with Crippen molar-refractivity contribution in [3.8, 4) is 0 Å². The van der Waals surface area contributed by atoms with Gasteiger partial charge in [0.2, 0.25) is 0 Å². The van der Waals surface area contributed by atoms with Crippen LogP contribution in [0.3, 0.4) is 0 Å². The van der Waals surface area contributed by atoms with Crippen molar-refractivity contribution in [1.82, 2.24) is 0 Å². The number of nitrogens with one attached hydrogen (secondary N) is 1. The van der Waals surface area contributed by atoms with Crippen LogP contribution in [-0.2, 0) is 0 Å². The number of aromatic carboxylic acids is 1. The van der Waals surface area contributed by atoms with Crippen molar-refractivity contribution in [3.63, 3.8) is 0 Å². The maximum atomic E-state index is 11.2. The van der Waals surface area contributed by atoms with Crippen molar-refractivity contribution >= 4 is 27.6 Å². The molecule has 0 amide bonds. The van der Waals surface area contributed by atoms with E-state index in [0.717, 1.165) is 23.4 Å². The normalized spacial score (nSPS) is 15.6. The van der Waals surface area contributed by atoms with Crippen LogP contribution >= 0.6 is 15.9 Å². The molecule has 3 nitrogen and oxygen atoms in total. The number of anilines is 1. The van der Waals surface area contributed by atoms with Gasteiger partial charge in [-0.25, -0.2) is 4.79 Å². The summed E-state index contributed by atoms with van der Waals surface area (Å²) in [6, 6.07) is 5.33. The Morgan fingerprint density at radius 2 is 2.11 bits per heavy atom. The fraction of sp³-hybridized carbons (Fsp3) is 0.533. The monoisotopic (exact) mass is 325 g/mol. The van der Waals surface area contributed by atoms with Crippen LogP contribution in [0.4, 0.5) is 5.69 Å². The molecule has 0 radical (unpaired) electrons. The average molecular weight is 326 g/mol. The minimum absolute atomic E-state index is 0.329. The van der Waals surface area contributed by atoms with E-state index in [4.69, 9.17) is 5.11 Å². The minimum Gasteiger partial charge on any atom is -0.478 e. The van der Waals surface area contributed by atoms with Gasteiger partial charge in [-0.2, -0.15) is 0 Å². The third-order valence-corrected chi connectivity index (χ3v) is 4.28. The average Bonchev–Trinajstić information content (AvgIpc) is 2.89. The lowest BCUT2D eigenvalue weighted by Crippen LogP contribution is -2.08. The Morgan fingerprint density at radius 3 is 2.79 bits per heavy atom. The molecule has 0 aliphatic heterocycles. The van der Waals surface area contributed by atoms with E-state index in [2.05, 4.69) is 21.2 Å². The van der Waals surface area contributed by atoms with Crippen LogP contribution in [0, 0.1) is 5.92 Å². The fourth-order valence-corrected chi connectivity index (χ4v) is 3.12. The molecule has 2 N–H and O–H groups in total. The van der Waals surface area contributed by atoms with E-state index < -0.39 is 5.97 Å². The molecule has 1 aliphatic carbocycles. The molecule has 0 unspecified atom stereocenters. The fourth-order valence-electron chi connectivity index (χ4n) is 2.76. The van der Waals surface area contributed by atoms with Crippen LogP contribution in [0.15, 0.2) is 22.7 Å². The first-order valence-electron chi connectivity index (χ1n) is 6.93. The van der Waals surface area contributed by atoms with Gasteiger partial charge in [0, 0.05) is 16.7 Å². The molecule has 4 heteroatoms. The second-order valence-corrected chi connectivity index (χ2v) is 6.13. The van der Waals surface area contributed by atoms with E-state index >= 15 is 0 Å². The maximum absolute atomic E-state index is 11.2. The van der Waals surface area contributed by atoms with Gasteiger partial charge in [-0.3, -0.25) is 0 Å². The lowest BCUT2D eigenvalue weighted by molar-refractivity contribution is 0.0698. The zero-order valence-electron chi connectivity index (χ0n) is 11.0. The number of carbonyl (C=O) groups is 1. The lowest BCUT2D eigenvalue weighted by atomic mass is 10.0. The number of benzene rings is 1. The second-order valence-electron chi connectivity index (χ2n) is 5.21. The van der Waals surface area contributed by atoms with Crippen LogP contribution in [-0.4, -0.2) is 17.6 Å². The summed E-state index contributed by atoms with van der Waals surface area (Å²) in [5.41, 5.74) is 1.04. The number of halogens is 1. The molecular formula is C15H20BrNO2. The van der Waals surface area contributed by atoms with Crippen LogP contribution in [0.25, 0.3) is 0 Å². The number of rotatable bonds is 6. The Balaban J connectivity index is 1.83. The first-order chi connectivity index (χ1) is 9.16. The van der Waals surface area contributed by atoms with E-state index in [9.17, 15) is 4.79 Å². The van der Waals surface area contributed by atoms with Crippen molar-refractivity contribution in [3.05, 3.63) is 28.2 Å². The van der Waals surface area contributed by atoms with Gasteiger partial charge in [0.15, 0.2) is 0 Å². The smallest absolute Gasteiger partial charge is 0.337 e. The predicted octanol–water partition coefficient (Wildman–Crippen LogP) is 4.53. The van der Waals surface area contributed by atoms with Gasteiger partial charge in [-0.1, -0.05) is 41.6 Å². The zero-order valence-corrected chi connectivity index (χ0v) is 12.6. The molecule has 1 aromatic rings. The molecule has 0 saturated heterocycles. The van der Waals surface area contributed by atoms with E-state index in [-0.39, 0.29) is 0 Å². The lowest BCUT2D eigenvalue weighted by Gasteiger charge is -2.12. The van der Waals surface area contributed by atoms with Crippen LogP contribution in [0.5, 0.6) is 0 Å². The van der Waals surface area contributed by atoms with Crippen LogP contribution < -0.4 is 5.32 Å². The summed E-state index contributed by atoms with van der Waals surface area (Å²) >= 11 is 3.30. The Bertz CT molecular complexity index is 442. The van der Waals surface area contributed by atoms with Gasteiger partial charge in [-0.05, 0) is 37.0 Å². The molecule has 0 atom stereocenters. The first-order valence-corrected chi connectivity index (χ1v) is 7.73. The molecule has 0 bridgehead atoms. The second kappa shape index (κ2) is 6.94. The molecule has 1 aliphatic rings. The molecule has 1 saturated carbocycles. The number of carboxylic acid groups (broad SMARTS) is 1. The van der Waals surface area contributed by atoms with Crippen molar-refractivity contribution in [2.45, 2.75) is 38.5 Å². The molecule has 0 aromatic heterocycles. The van der Waals surface area contributed by atoms with Crippen molar-refractivity contribution in [2.75, 3.05) is 11.9 Å². The van der Waals surface area contributed by atoms with Gasteiger partial charge in [-0.15, -0.1) is 0 Å². The molecule has 0 heterocycles. The van der Waals surface area contributed by atoms with Gasteiger partial charge >= 0.3 is 5.97 Å².